The smallest absolute Gasteiger partial charge is 0.292 e. The van der Waals surface area contributed by atoms with Gasteiger partial charge in [0, 0.05) is 25.2 Å². The quantitative estimate of drug-likeness (QED) is 0.920. The predicted octanol–water partition coefficient (Wildman–Crippen LogP) is 1.61. The van der Waals surface area contributed by atoms with Gasteiger partial charge < -0.3 is 14.7 Å². The van der Waals surface area contributed by atoms with Crippen LogP contribution >= 0.6 is 0 Å². The number of fused-ring (bicyclic) bond motifs is 3. The molecule has 0 unspecified atom stereocenters. The number of hydrogen-bond donors (Lipinski definition) is 1. The van der Waals surface area contributed by atoms with Crippen LogP contribution in [-0.4, -0.2) is 41.0 Å². The molecule has 0 spiro atoms. The summed E-state index contributed by atoms with van der Waals surface area (Å²) < 4.78 is 5.22. The van der Waals surface area contributed by atoms with Crippen molar-refractivity contribution in [1.82, 2.24) is 15.4 Å². The third-order valence-corrected chi connectivity index (χ3v) is 4.38. The van der Waals surface area contributed by atoms with Crippen LogP contribution in [0, 0.1) is 11.8 Å². The lowest BCUT2D eigenvalue weighted by Gasteiger charge is -2.26. The summed E-state index contributed by atoms with van der Waals surface area (Å²) in [5.41, 5.74) is 0.808. The van der Waals surface area contributed by atoms with E-state index in [2.05, 4.69) is 24.3 Å². The molecule has 2 saturated heterocycles. The first-order valence-corrected chi connectivity index (χ1v) is 8.08. The molecule has 2 fully saturated rings. The molecule has 0 aliphatic carbocycles. The van der Waals surface area contributed by atoms with E-state index in [1.807, 2.05) is 0 Å². The maximum atomic E-state index is 12.6. The van der Waals surface area contributed by atoms with E-state index in [9.17, 15) is 9.59 Å². The Labute approximate surface area is 130 Å². The number of aromatic nitrogens is 1. The number of likely N-dealkylation sites (tertiary alicyclic amines) is 1. The van der Waals surface area contributed by atoms with Gasteiger partial charge in [-0.15, -0.1) is 0 Å². The van der Waals surface area contributed by atoms with Gasteiger partial charge in [-0.3, -0.25) is 9.59 Å². The zero-order chi connectivity index (χ0) is 15.7. The lowest BCUT2D eigenvalue weighted by atomic mass is 9.99. The van der Waals surface area contributed by atoms with Gasteiger partial charge in [0.25, 0.3) is 5.91 Å². The summed E-state index contributed by atoms with van der Waals surface area (Å²) in [7, 11) is 0. The molecule has 2 atom stereocenters. The fraction of sp³-hybridized carbons (Fsp3) is 0.688. The van der Waals surface area contributed by atoms with Crippen LogP contribution < -0.4 is 5.32 Å². The molecule has 3 heterocycles. The molecular formula is C16H23N3O3. The second-order valence-corrected chi connectivity index (χ2v) is 6.82. The Balaban J connectivity index is 1.74. The SMILES string of the molecule is CC(C)Cc1cc(C(=O)N2C[C@H]3CCC[C@H](C2)C(=O)N3)on1. The summed E-state index contributed by atoms with van der Waals surface area (Å²) >= 11 is 0. The summed E-state index contributed by atoms with van der Waals surface area (Å²) in [6.07, 6.45) is 3.61. The van der Waals surface area contributed by atoms with Crippen LogP contribution in [0.25, 0.3) is 0 Å². The molecule has 22 heavy (non-hydrogen) atoms. The Hall–Kier alpha value is -1.85. The lowest BCUT2D eigenvalue weighted by Crippen LogP contribution is -2.41. The number of carbonyl (C=O) groups is 2. The van der Waals surface area contributed by atoms with Crippen LogP contribution in [0.4, 0.5) is 0 Å². The van der Waals surface area contributed by atoms with Gasteiger partial charge in [0.2, 0.25) is 11.7 Å². The van der Waals surface area contributed by atoms with Crippen LogP contribution in [0.2, 0.25) is 0 Å². The molecule has 2 bridgehead atoms. The average molecular weight is 305 g/mol. The van der Waals surface area contributed by atoms with Gasteiger partial charge in [-0.05, 0) is 25.2 Å². The van der Waals surface area contributed by atoms with Crippen molar-refractivity contribution in [2.24, 2.45) is 11.8 Å². The minimum Gasteiger partial charge on any atom is -0.351 e. The molecule has 1 aromatic heterocycles. The van der Waals surface area contributed by atoms with Gasteiger partial charge in [-0.25, -0.2) is 0 Å². The third kappa shape index (κ3) is 3.15. The highest BCUT2D eigenvalue weighted by atomic mass is 16.5. The van der Waals surface area contributed by atoms with Gasteiger partial charge in [-0.2, -0.15) is 0 Å². The van der Waals surface area contributed by atoms with Crippen molar-refractivity contribution in [2.75, 3.05) is 13.1 Å². The Morgan fingerprint density at radius 1 is 1.45 bits per heavy atom. The molecule has 0 radical (unpaired) electrons. The van der Waals surface area contributed by atoms with Crippen LogP contribution in [0.15, 0.2) is 10.6 Å². The molecule has 1 aromatic rings. The zero-order valence-corrected chi connectivity index (χ0v) is 13.2. The summed E-state index contributed by atoms with van der Waals surface area (Å²) in [6.45, 7) is 5.23. The van der Waals surface area contributed by atoms with Gasteiger partial charge >= 0.3 is 0 Å². The number of rotatable bonds is 3. The molecule has 0 aromatic carbocycles. The van der Waals surface area contributed by atoms with E-state index in [4.69, 9.17) is 4.52 Å². The van der Waals surface area contributed by atoms with Gasteiger partial charge in [0.05, 0.1) is 11.6 Å². The van der Waals surface area contributed by atoms with Crippen molar-refractivity contribution in [3.05, 3.63) is 17.5 Å². The van der Waals surface area contributed by atoms with E-state index >= 15 is 0 Å². The van der Waals surface area contributed by atoms with Crippen LogP contribution in [0.3, 0.4) is 0 Å². The average Bonchev–Trinajstić information content (AvgIpc) is 2.73. The first kappa shape index (κ1) is 15.1. The van der Waals surface area contributed by atoms with E-state index < -0.39 is 0 Å². The second-order valence-electron chi connectivity index (χ2n) is 6.82. The van der Waals surface area contributed by atoms with E-state index in [-0.39, 0.29) is 29.5 Å². The summed E-state index contributed by atoms with van der Waals surface area (Å²) in [4.78, 5) is 26.4. The lowest BCUT2D eigenvalue weighted by molar-refractivity contribution is -0.124. The molecule has 3 rings (SSSR count). The molecule has 2 amide bonds. The van der Waals surface area contributed by atoms with E-state index in [1.165, 1.54) is 0 Å². The molecule has 6 heteroatoms. The fourth-order valence-corrected chi connectivity index (χ4v) is 3.30. The molecule has 6 nitrogen and oxygen atoms in total. The van der Waals surface area contributed by atoms with Gasteiger partial charge in [0.1, 0.15) is 0 Å². The Morgan fingerprint density at radius 3 is 3.05 bits per heavy atom. The van der Waals surface area contributed by atoms with Crippen LogP contribution in [0.5, 0.6) is 0 Å². The van der Waals surface area contributed by atoms with Crippen molar-refractivity contribution in [1.29, 1.82) is 0 Å². The van der Waals surface area contributed by atoms with Crippen molar-refractivity contribution < 1.29 is 14.1 Å². The molecular weight excluding hydrogens is 282 g/mol. The second kappa shape index (κ2) is 6.10. The summed E-state index contributed by atoms with van der Waals surface area (Å²) in [5.74, 6) is 0.566. The number of hydrogen-bond acceptors (Lipinski definition) is 4. The summed E-state index contributed by atoms with van der Waals surface area (Å²) in [5, 5.41) is 7.01. The maximum Gasteiger partial charge on any atom is 0.292 e. The zero-order valence-electron chi connectivity index (χ0n) is 13.2. The number of carbonyl (C=O) groups excluding carboxylic acids is 2. The maximum absolute atomic E-state index is 12.6. The Morgan fingerprint density at radius 2 is 2.27 bits per heavy atom. The van der Waals surface area contributed by atoms with Gasteiger partial charge in [0.15, 0.2) is 0 Å². The topological polar surface area (TPSA) is 75.4 Å². The normalized spacial score (nSPS) is 25.0. The number of amides is 2. The molecule has 120 valence electrons. The van der Waals surface area contributed by atoms with Crippen LogP contribution in [0.1, 0.15) is 49.4 Å². The Bertz CT molecular complexity index is 567. The van der Waals surface area contributed by atoms with Crippen LogP contribution in [-0.2, 0) is 11.2 Å². The fourth-order valence-electron chi connectivity index (χ4n) is 3.30. The van der Waals surface area contributed by atoms with Crippen molar-refractivity contribution in [3.63, 3.8) is 0 Å². The molecule has 1 N–H and O–H groups in total. The van der Waals surface area contributed by atoms with Crippen molar-refractivity contribution in [2.45, 2.75) is 45.6 Å². The Kier molecular flexibility index (Phi) is 4.18. The van der Waals surface area contributed by atoms with E-state index in [0.717, 1.165) is 31.4 Å². The van der Waals surface area contributed by atoms with Crippen molar-refractivity contribution >= 4 is 11.8 Å². The van der Waals surface area contributed by atoms with Gasteiger partial charge in [-0.1, -0.05) is 25.4 Å². The number of nitrogens with zero attached hydrogens (tertiary/aromatic N) is 2. The molecule has 2 aliphatic rings. The third-order valence-electron chi connectivity index (χ3n) is 4.38. The highest BCUT2D eigenvalue weighted by Gasteiger charge is 2.35. The minimum atomic E-state index is -0.157. The standard InChI is InChI=1S/C16H23N3O3/c1-10(2)6-13-7-14(22-18-13)16(21)19-8-11-4-3-5-12(9-19)17-15(11)20/h7,10-12H,3-6,8-9H2,1-2H3,(H,17,20)/t11-,12-/m1/s1. The molecule has 0 saturated carbocycles. The first-order chi connectivity index (χ1) is 10.5. The summed E-state index contributed by atoms with van der Waals surface area (Å²) in [6, 6.07) is 1.79. The largest absolute Gasteiger partial charge is 0.351 e. The first-order valence-electron chi connectivity index (χ1n) is 8.08. The van der Waals surface area contributed by atoms with E-state index in [0.29, 0.717) is 19.0 Å². The van der Waals surface area contributed by atoms with E-state index in [1.54, 1.807) is 11.0 Å². The highest BCUT2D eigenvalue weighted by Crippen LogP contribution is 2.23. The predicted molar refractivity (Wildman–Crippen MR) is 80.2 cm³/mol. The minimum absolute atomic E-state index is 0.0574. The molecule has 2 aliphatic heterocycles. The number of nitrogens with one attached hydrogen (secondary N) is 1. The highest BCUT2D eigenvalue weighted by molar-refractivity contribution is 5.92. The monoisotopic (exact) mass is 305 g/mol. The van der Waals surface area contributed by atoms with Crippen molar-refractivity contribution in [3.8, 4) is 0 Å².